The number of carbonyl (C=O) groups is 1. The Morgan fingerprint density at radius 3 is 2.33 bits per heavy atom. The average molecular weight is 166 g/mol. The van der Waals surface area contributed by atoms with Gasteiger partial charge >= 0.3 is 0 Å². The Kier molecular flexibility index (Phi) is 2.15. The maximum Gasteiger partial charge on any atom is 0.165 e. The molecule has 0 heterocycles. The predicted molar refractivity (Wildman–Crippen MR) is 50.9 cm³/mol. The second-order valence-corrected chi connectivity index (χ2v) is 4.32. The first kappa shape index (κ1) is 9.50. The molecule has 1 aliphatic carbocycles. The second-order valence-electron chi connectivity index (χ2n) is 4.32. The second kappa shape index (κ2) is 2.72. The van der Waals surface area contributed by atoms with Gasteiger partial charge < -0.3 is 0 Å². The lowest BCUT2D eigenvalue weighted by Gasteiger charge is -2.44. The van der Waals surface area contributed by atoms with E-state index in [-0.39, 0.29) is 5.41 Å². The summed E-state index contributed by atoms with van der Waals surface area (Å²) in [5.74, 6) is 0.805. The highest BCUT2D eigenvalue weighted by Crippen LogP contribution is 2.48. The number of carbonyl (C=O) groups excluding carboxylic acids is 1. The van der Waals surface area contributed by atoms with E-state index in [4.69, 9.17) is 0 Å². The summed E-state index contributed by atoms with van der Waals surface area (Å²) >= 11 is 0. The average Bonchev–Trinajstić information content (AvgIpc) is 2.04. The fourth-order valence-corrected chi connectivity index (χ4v) is 1.78. The molecule has 1 saturated carbocycles. The van der Waals surface area contributed by atoms with Gasteiger partial charge in [-0.05, 0) is 24.8 Å². The van der Waals surface area contributed by atoms with Crippen LogP contribution in [0.5, 0.6) is 0 Å². The predicted octanol–water partition coefficient (Wildman–Crippen LogP) is 2.96. The van der Waals surface area contributed by atoms with Crippen LogP contribution < -0.4 is 0 Å². The first-order valence-electron chi connectivity index (χ1n) is 4.67. The summed E-state index contributed by atoms with van der Waals surface area (Å²) < 4.78 is 0. The molecule has 1 heteroatoms. The van der Waals surface area contributed by atoms with Crippen molar-refractivity contribution in [2.45, 2.75) is 41.0 Å². The van der Waals surface area contributed by atoms with Crippen molar-refractivity contribution >= 4 is 5.78 Å². The van der Waals surface area contributed by atoms with Crippen LogP contribution in [0.2, 0.25) is 0 Å². The Bertz CT molecular complexity index is 246. The topological polar surface area (TPSA) is 17.1 Å². The number of rotatable bonds is 1. The Labute approximate surface area is 74.9 Å². The number of allylic oxidation sites excluding steroid dienone is 2. The van der Waals surface area contributed by atoms with Gasteiger partial charge in [-0.1, -0.05) is 33.3 Å². The Balaban J connectivity index is 2.97. The van der Waals surface area contributed by atoms with Crippen molar-refractivity contribution in [2.75, 3.05) is 0 Å². The maximum absolute atomic E-state index is 11.6. The van der Waals surface area contributed by atoms with E-state index in [0.717, 1.165) is 12.0 Å². The Hall–Kier alpha value is -0.590. The largest absolute Gasteiger partial charge is 0.294 e. The van der Waals surface area contributed by atoms with Gasteiger partial charge in [0, 0.05) is 5.41 Å². The van der Waals surface area contributed by atoms with Crippen LogP contribution >= 0.6 is 0 Å². The molecule has 0 aromatic rings. The molecule has 1 nitrogen and oxygen atoms in total. The number of hydrogen-bond acceptors (Lipinski definition) is 1. The Morgan fingerprint density at radius 1 is 1.50 bits per heavy atom. The zero-order valence-electron chi connectivity index (χ0n) is 8.69. The quantitative estimate of drug-likeness (QED) is 0.547. The van der Waals surface area contributed by atoms with Gasteiger partial charge in [-0.3, -0.25) is 4.79 Å². The van der Waals surface area contributed by atoms with Gasteiger partial charge in [0.25, 0.3) is 0 Å². The third-order valence-corrected chi connectivity index (χ3v) is 3.34. The lowest BCUT2D eigenvalue weighted by molar-refractivity contribution is -0.132. The molecule has 0 spiro atoms. The molecule has 68 valence electrons. The highest BCUT2D eigenvalue weighted by Gasteiger charge is 2.49. The smallest absolute Gasteiger partial charge is 0.165 e. The molecule has 0 radical (unpaired) electrons. The van der Waals surface area contributed by atoms with Crippen LogP contribution in [-0.4, -0.2) is 5.78 Å². The zero-order valence-corrected chi connectivity index (χ0v) is 8.69. The SMILES string of the molecule is CC/C(C)=C1\C(=O)C(C)(C)C1C. The van der Waals surface area contributed by atoms with Crippen LogP contribution in [0.15, 0.2) is 11.1 Å². The van der Waals surface area contributed by atoms with Crippen LogP contribution in [0.3, 0.4) is 0 Å². The molecular formula is C11H18O. The van der Waals surface area contributed by atoms with E-state index in [9.17, 15) is 4.79 Å². The minimum absolute atomic E-state index is 0.105. The lowest BCUT2D eigenvalue weighted by Crippen LogP contribution is -2.47. The molecule has 0 aromatic carbocycles. The fourth-order valence-electron chi connectivity index (χ4n) is 1.78. The van der Waals surface area contributed by atoms with E-state index in [1.807, 2.05) is 13.8 Å². The van der Waals surface area contributed by atoms with E-state index >= 15 is 0 Å². The summed E-state index contributed by atoms with van der Waals surface area (Å²) in [6.45, 7) is 10.4. The van der Waals surface area contributed by atoms with E-state index < -0.39 is 0 Å². The molecular weight excluding hydrogens is 148 g/mol. The van der Waals surface area contributed by atoms with Crippen molar-refractivity contribution in [1.29, 1.82) is 0 Å². The molecule has 0 aromatic heterocycles. The van der Waals surface area contributed by atoms with E-state index in [2.05, 4.69) is 20.8 Å². The van der Waals surface area contributed by atoms with Gasteiger partial charge in [-0.2, -0.15) is 0 Å². The summed E-state index contributed by atoms with van der Waals surface area (Å²) in [5.41, 5.74) is 2.25. The number of ketones is 1. The summed E-state index contributed by atoms with van der Waals surface area (Å²) in [6, 6.07) is 0. The molecule has 0 N–H and O–H groups in total. The van der Waals surface area contributed by atoms with Crippen LogP contribution in [0.1, 0.15) is 41.0 Å². The summed E-state index contributed by atoms with van der Waals surface area (Å²) in [5, 5.41) is 0. The normalized spacial score (nSPS) is 31.4. The van der Waals surface area contributed by atoms with Crippen LogP contribution in [0, 0.1) is 11.3 Å². The molecule has 0 saturated heterocycles. The van der Waals surface area contributed by atoms with Gasteiger partial charge in [0.05, 0.1) is 0 Å². The molecule has 1 unspecified atom stereocenters. The molecule has 0 amide bonds. The molecule has 1 rings (SSSR count). The van der Waals surface area contributed by atoms with E-state index in [0.29, 0.717) is 11.7 Å². The highest BCUT2D eigenvalue weighted by atomic mass is 16.1. The van der Waals surface area contributed by atoms with Crippen LogP contribution in [0.4, 0.5) is 0 Å². The number of hydrogen-bond donors (Lipinski definition) is 0. The van der Waals surface area contributed by atoms with E-state index in [1.165, 1.54) is 5.57 Å². The molecule has 0 aliphatic heterocycles. The van der Waals surface area contributed by atoms with Gasteiger partial charge in [0.2, 0.25) is 0 Å². The maximum atomic E-state index is 11.6. The first-order valence-corrected chi connectivity index (χ1v) is 4.67. The molecule has 1 atom stereocenters. The van der Waals surface area contributed by atoms with Crippen molar-refractivity contribution in [1.82, 2.24) is 0 Å². The summed E-state index contributed by atoms with van der Waals surface area (Å²) in [6.07, 6.45) is 1.00. The summed E-state index contributed by atoms with van der Waals surface area (Å²) in [7, 11) is 0. The van der Waals surface area contributed by atoms with Crippen LogP contribution in [-0.2, 0) is 4.79 Å². The van der Waals surface area contributed by atoms with Crippen molar-refractivity contribution in [3.05, 3.63) is 11.1 Å². The lowest BCUT2D eigenvalue weighted by atomic mass is 9.57. The van der Waals surface area contributed by atoms with Gasteiger partial charge in [0.1, 0.15) is 0 Å². The third-order valence-electron chi connectivity index (χ3n) is 3.34. The van der Waals surface area contributed by atoms with Gasteiger partial charge in [-0.25, -0.2) is 0 Å². The standard InChI is InChI=1S/C11H18O/c1-6-7(2)9-8(3)11(4,5)10(9)12/h8H,6H2,1-5H3/b9-7-. The molecule has 1 aliphatic rings. The van der Waals surface area contributed by atoms with E-state index in [1.54, 1.807) is 0 Å². The van der Waals surface area contributed by atoms with Gasteiger partial charge in [-0.15, -0.1) is 0 Å². The molecule has 12 heavy (non-hydrogen) atoms. The van der Waals surface area contributed by atoms with Gasteiger partial charge in [0.15, 0.2) is 5.78 Å². The Morgan fingerprint density at radius 2 is 2.00 bits per heavy atom. The monoisotopic (exact) mass is 166 g/mol. The van der Waals surface area contributed by atoms with Crippen LogP contribution in [0.25, 0.3) is 0 Å². The zero-order chi connectivity index (χ0) is 9.52. The van der Waals surface area contributed by atoms with Crippen molar-refractivity contribution in [2.24, 2.45) is 11.3 Å². The highest BCUT2D eigenvalue weighted by molar-refractivity contribution is 6.07. The van der Waals surface area contributed by atoms with Crippen molar-refractivity contribution < 1.29 is 4.79 Å². The fraction of sp³-hybridized carbons (Fsp3) is 0.727. The summed E-state index contributed by atoms with van der Waals surface area (Å²) in [4.78, 5) is 11.6. The first-order chi connectivity index (χ1) is 5.42. The number of Topliss-reactive ketones (excluding diaryl/α,β-unsaturated/α-hetero) is 1. The molecule has 0 bridgehead atoms. The van der Waals surface area contributed by atoms with Crippen molar-refractivity contribution in [3.63, 3.8) is 0 Å². The van der Waals surface area contributed by atoms with Crippen molar-refractivity contribution in [3.8, 4) is 0 Å². The minimum atomic E-state index is -0.105. The third kappa shape index (κ3) is 1.03. The molecule has 1 fully saturated rings. The minimum Gasteiger partial charge on any atom is -0.294 e.